The van der Waals surface area contributed by atoms with Gasteiger partial charge < -0.3 is 4.43 Å². The maximum Gasteiger partial charge on any atom is 0.261 e. The van der Waals surface area contributed by atoms with Gasteiger partial charge in [-0.2, -0.15) is 0 Å². The first-order valence-electron chi connectivity index (χ1n) is 9.60. The van der Waals surface area contributed by atoms with Crippen molar-refractivity contribution in [3.8, 4) is 0 Å². The molecule has 0 saturated carbocycles. The molecule has 0 radical (unpaired) electrons. The Morgan fingerprint density at radius 1 is 0.962 bits per heavy atom. The molecule has 0 saturated heterocycles. The monoisotopic (exact) mass is 362 g/mol. The van der Waals surface area contributed by atoms with Gasteiger partial charge in [-0.25, -0.2) is 0 Å². The van der Waals surface area contributed by atoms with Crippen LogP contribution in [0.25, 0.3) is 0 Å². The Labute approximate surface area is 159 Å². The van der Waals surface area contributed by atoms with Crippen molar-refractivity contribution in [2.24, 2.45) is 0 Å². The molecule has 0 heterocycles. The summed E-state index contributed by atoms with van der Waals surface area (Å²) in [6.07, 6.45) is 7.80. The van der Waals surface area contributed by atoms with E-state index in [1.165, 1.54) is 22.4 Å². The van der Waals surface area contributed by atoms with Crippen LogP contribution in [0.3, 0.4) is 0 Å². The Morgan fingerprint density at radius 3 is 1.96 bits per heavy atom. The van der Waals surface area contributed by atoms with Crippen LogP contribution in [0.2, 0.25) is 5.04 Å². The van der Waals surface area contributed by atoms with E-state index >= 15 is 0 Å². The van der Waals surface area contributed by atoms with Crippen molar-refractivity contribution in [2.75, 3.05) is 0 Å². The molecular weight excluding hydrogens is 332 g/mol. The van der Waals surface area contributed by atoms with E-state index in [0.29, 0.717) is 0 Å². The first-order chi connectivity index (χ1) is 12.5. The third-order valence-electron chi connectivity index (χ3n) is 5.39. The second-order valence-corrected chi connectivity index (χ2v) is 12.4. The van der Waals surface area contributed by atoms with Crippen LogP contribution < -0.4 is 10.4 Å². The van der Waals surface area contributed by atoms with Crippen LogP contribution in [-0.2, 0) is 4.43 Å². The minimum atomic E-state index is -2.48. The molecule has 1 unspecified atom stereocenters. The summed E-state index contributed by atoms with van der Waals surface area (Å²) in [6, 6.07) is 21.8. The van der Waals surface area contributed by atoms with Gasteiger partial charge in [-0.15, -0.1) is 0 Å². The SMILES string of the molecule is C=CC1=CCCCC1O[Si](c1ccccc1)(c1ccccc1)C(C)(C)C. The van der Waals surface area contributed by atoms with Crippen molar-refractivity contribution in [1.29, 1.82) is 0 Å². The van der Waals surface area contributed by atoms with E-state index < -0.39 is 8.32 Å². The van der Waals surface area contributed by atoms with Crippen LogP contribution in [0, 0.1) is 0 Å². The molecule has 0 fully saturated rings. The van der Waals surface area contributed by atoms with E-state index in [1.54, 1.807) is 0 Å². The van der Waals surface area contributed by atoms with E-state index in [1.807, 2.05) is 6.08 Å². The molecule has 1 nitrogen and oxygen atoms in total. The van der Waals surface area contributed by atoms with Gasteiger partial charge in [0.15, 0.2) is 0 Å². The zero-order valence-electron chi connectivity index (χ0n) is 16.2. The summed E-state index contributed by atoms with van der Waals surface area (Å²) in [5, 5.41) is 2.69. The van der Waals surface area contributed by atoms with Gasteiger partial charge in [-0.1, -0.05) is 100 Å². The molecule has 3 rings (SSSR count). The smallest absolute Gasteiger partial charge is 0.261 e. The molecule has 1 aliphatic rings. The lowest BCUT2D eigenvalue weighted by atomic mass is 9.97. The normalized spacial score (nSPS) is 18.3. The van der Waals surface area contributed by atoms with Gasteiger partial charge in [-0.3, -0.25) is 0 Å². The van der Waals surface area contributed by atoms with Gasteiger partial charge in [0.05, 0.1) is 6.10 Å². The average Bonchev–Trinajstić information content (AvgIpc) is 2.67. The first-order valence-corrected chi connectivity index (χ1v) is 11.5. The molecule has 0 amide bonds. The first kappa shape index (κ1) is 18.9. The molecule has 0 spiro atoms. The Bertz CT molecular complexity index is 716. The standard InChI is InChI=1S/C24H30OSi/c1-5-20-14-12-13-19-23(20)25-26(24(2,3)4,21-15-8-6-9-16-21)22-17-10-7-11-18-22/h5-11,14-18,23H,1,12-13,19H2,2-4H3. The van der Waals surface area contributed by atoms with Crippen LogP contribution in [0.15, 0.2) is 85.0 Å². The predicted molar refractivity (Wildman–Crippen MR) is 115 cm³/mol. The van der Waals surface area contributed by atoms with Crippen LogP contribution in [0.1, 0.15) is 40.0 Å². The summed E-state index contributed by atoms with van der Waals surface area (Å²) in [7, 11) is -2.48. The molecule has 0 N–H and O–H groups in total. The fraction of sp³-hybridized carbons (Fsp3) is 0.333. The van der Waals surface area contributed by atoms with Crippen molar-refractivity contribution in [2.45, 2.75) is 51.2 Å². The van der Waals surface area contributed by atoms with Crippen molar-refractivity contribution >= 4 is 18.7 Å². The van der Waals surface area contributed by atoms with E-state index in [2.05, 4.69) is 94.1 Å². The maximum atomic E-state index is 7.22. The highest BCUT2D eigenvalue weighted by Gasteiger charge is 2.51. The van der Waals surface area contributed by atoms with E-state index in [0.717, 1.165) is 12.8 Å². The summed E-state index contributed by atoms with van der Waals surface area (Å²) in [5.74, 6) is 0. The number of rotatable bonds is 5. The summed E-state index contributed by atoms with van der Waals surface area (Å²) in [6.45, 7) is 11.0. The highest BCUT2D eigenvalue weighted by Crippen LogP contribution is 2.39. The predicted octanol–water partition coefficient (Wildman–Crippen LogP) is 5.23. The third kappa shape index (κ3) is 3.49. The molecule has 1 atom stereocenters. The molecule has 26 heavy (non-hydrogen) atoms. The summed E-state index contributed by atoms with van der Waals surface area (Å²) < 4.78 is 7.22. The number of hydrogen-bond donors (Lipinski definition) is 0. The lowest BCUT2D eigenvalue weighted by Gasteiger charge is -2.46. The molecule has 1 aliphatic carbocycles. The van der Waals surface area contributed by atoms with E-state index in [-0.39, 0.29) is 11.1 Å². The highest BCUT2D eigenvalue weighted by atomic mass is 28.4. The lowest BCUT2D eigenvalue weighted by molar-refractivity contribution is 0.206. The summed E-state index contributed by atoms with van der Waals surface area (Å²) in [5.41, 5.74) is 1.25. The zero-order valence-corrected chi connectivity index (χ0v) is 17.2. The quantitative estimate of drug-likeness (QED) is 0.662. The molecule has 2 aromatic rings. The van der Waals surface area contributed by atoms with Gasteiger partial charge in [0.25, 0.3) is 8.32 Å². The van der Waals surface area contributed by atoms with Crippen LogP contribution in [0.5, 0.6) is 0 Å². The molecule has 2 heteroatoms. The summed E-state index contributed by atoms with van der Waals surface area (Å²) in [4.78, 5) is 0. The zero-order chi connectivity index (χ0) is 18.6. The highest BCUT2D eigenvalue weighted by molar-refractivity contribution is 6.99. The largest absolute Gasteiger partial charge is 0.400 e. The van der Waals surface area contributed by atoms with Gasteiger partial charge >= 0.3 is 0 Å². The molecule has 0 aromatic heterocycles. The average molecular weight is 363 g/mol. The van der Waals surface area contributed by atoms with Crippen molar-refractivity contribution in [3.05, 3.63) is 85.0 Å². The molecule has 136 valence electrons. The number of benzene rings is 2. The molecular formula is C24H30OSi. The minimum absolute atomic E-state index is 0.0133. The molecule has 0 aliphatic heterocycles. The fourth-order valence-corrected chi connectivity index (χ4v) is 8.81. The Balaban J connectivity index is 2.19. The third-order valence-corrected chi connectivity index (χ3v) is 10.4. The lowest BCUT2D eigenvalue weighted by Crippen LogP contribution is -2.67. The van der Waals surface area contributed by atoms with Crippen LogP contribution in [-0.4, -0.2) is 14.4 Å². The van der Waals surface area contributed by atoms with E-state index in [4.69, 9.17) is 4.43 Å². The Kier molecular flexibility index (Phi) is 5.64. The maximum absolute atomic E-state index is 7.22. The van der Waals surface area contributed by atoms with Crippen molar-refractivity contribution in [3.63, 3.8) is 0 Å². The van der Waals surface area contributed by atoms with Crippen molar-refractivity contribution < 1.29 is 4.43 Å². The fourth-order valence-electron chi connectivity index (χ4n) is 4.12. The van der Waals surface area contributed by atoms with Crippen molar-refractivity contribution in [1.82, 2.24) is 0 Å². The van der Waals surface area contributed by atoms with Gasteiger partial charge in [0.2, 0.25) is 0 Å². The van der Waals surface area contributed by atoms with Crippen LogP contribution in [0.4, 0.5) is 0 Å². The van der Waals surface area contributed by atoms with Gasteiger partial charge in [0, 0.05) is 0 Å². The molecule has 0 bridgehead atoms. The second kappa shape index (κ2) is 7.77. The molecule has 2 aromatic carbocycles. The van der Waals surface area contributed by atoms with Gasteiger partial charge in [-0.05, 0) is 40.2 Å². The second-order valence-electron chi connectivity index (χ2n) is 8.11. The van der Waals surface area contributed by atoms with Gasteiger partial charge in [0.1, 0.15) is 0 Å². The topological polar surface area (TPSA) is 9.23 Å². The Hall–Kier alpha value is -1.90. The minimum Gasteiger partial charge on any atom is -0.400 e. The van der Waals surface area contributed by atoms with E-state index in [9.17, 15) is 0 Å². The Morgan fingerprint density at radius 2 is 1.50 bits per heavy atom. The van der Waals surface area contributed by atoms with Crippen LogP contribution >= 0.6 is 0 Å². The number of hydrogen-bond acceptors (Lipinski definition) is 1. The number of allylic oxidation sites excluding steroid dienone is 1. The summed E-state index contributed by atoms with van der Waals surface area (Å²) >= 11 is 0.